The van der Waals surface area contributed by atoms with Crippen LogP contribution >= 0.6 is 22.9 Å². The van der Waals surface area contributed by atoms with Crippen LogP contribution in [0.4, 0.5) is 5.13 Å². The third-order valence-electron chi connectivity index (χ3n) is 4.52. The summed E-state index contributed by atoms with van der Waals surface area (Å²) >= 11 is 7.70. The maximum atomic E-state index is 6.17. The number of hydrogen-bond acceptors (Lipinski definition) is 5. The highest BCUT2D eigenvalue weighted by atomic mass is 35.5. The lowest BCUT2D eigenvalue weighted by Gasteiger charge is -2.08. The van der Waals surface area contributed by atoms with Crippen LogP contribution < -0.4 is 10.2 Å². The second kappa shape index (κ2) is 9.57. The molecule has 0 atom stereocenters. The lowest BCUT2D eigenvalue weighted by Crippen LogP contribution is -2.00. The van der Waals surface area contributed by atoms with E-state index in [2.05, 4.69) is 15.5 Å². The maximum Gasteiger partial charge on any atom is 0.203 e. The van der Waals surface area contributed by atoms with Crippen LogP contribution in [0.3, 0.4) is 0 Å². The number of anilines is 1. The predicted molar refractivity (Wildman–Crippen MR) is 126 cm³/mol. The van der Waals surface area contributed by atoms with E-state index in [0.29, 0.717) is 11.6 Å². The highest BCUT2D eigenvalue weighted by Crippen LogP contribution is 2.25. The average Bonchev–Trinajstić information content (AvgIpc) is 3.27. The number of aromatic nitrogens is 1. The molecule has 0 aliphatic heterocycles. The van der Waals surface area contributed by atoms with E-state index in [1.807, 2.05) is 91.2 Å². The fourth-order valence-corrected chi connectivity index (χ4v) is 3.68. The van der Waals surface area contributed by atoms with Crippen molar-refractivity contribution >= 4 is 33.8 Å². The highest BCUT2D eigenvalue weighted by molar-refractivity contribution is 7.14. The van der Waals surface area contributed by atoms with E-state index in [1.54, 1.807) is 0 Å². The van der Waals surface area contributed by atoms with Crippen molar-refractivity contribution in [2.24, 2.45) is 5.10 Å². The highest BCUT2D eigenvalue weighted by Gasteiger charge is 2.05. The molecule has 0 spiro atoms. The van der Waals surface area contributed by atoms with Gasteiger partial charge in [0.1, 0.15) is 12.4 Å². The van der Waals surface area contributed by atoms with Crippen molar-refractivity contribution in [2.75, 3.05) is 5.43 Å². The van der Waals surface area contributed by atoms with Gasteiger partial charge < -0.3 is 4.74 Å². The number of thiazole rings is 1. The van der Waals surface area contributed by atoms with E-state index >= 15 is 0 Å². The van der Waals surface area contributed by atoms with E-state index in [4.69, 9.17) is 16.3 Å². The second-order valence-corrected chi connectivity index (χ2v) is 7.88. The minimum absolute atomic E-state index is 0.432. The maximum absolute atomic E-state index is 6.17. The van der Waals surface area contributed by atoms with Crippen LogP contribution in [0.25, 0.3) is 11.3 Å². The molecule has 0 fully saturated rings. The van der Waals surface area contributed by atoms with E-state index in [1.165, 1.54) is 11.3 Å². The molecule has 4 aromatic rings. The summed E-state index contributed by atoms with van der Waals surface area (Å²) in [5.74, 6) is 0.784. The van der Waals surface area contributed by atoms with Crippen molar-refractivity contribution in [2.45, 2.75) is 13.5 Å². The number of nitrogens with zero attached hydrogens (tertiary/aromatic N) is 2. The molecular weight excluding hydrogens is 414 g/mol. The minimum atomic E-state index is 0.432. The van der Waals surface area contributed by atoms with Crippen molar-refractivity contribution in [1.82, 2.24) is 4.98 Å². The SMILES string of the molecule is C/C(=N/Nc1nc(-c2ccccc2)cs1)c1ccc(OCc2ccccc2Cl)cc1. The first kappa shape index (κ1) is 20.1. The van der Waals surface area contributed by atoms with E-state index in [9.17, 15) is 0 Å². The van der Waals surface area contributed by atoms with Crippen LogP contribution in [0.15, 0.2) is 89.3 Å². The molecule has 0 saturated heterocycles. The Morgan fingerprint density at radius 3 is 2.50 bits per heavy atom. The molecule has 6 heteroatoms. The molecule has 0 amide bonds. The Morgan fingerprint density at radius 1 is 1.00 bits per heavy atom. The minimum Gasteiger partial charge on any atom is -0.489 e. The third-order valence-corrected chi connectivity index (χ3v) is 5.63. The molecule has 3 aromatic carbocycles. The van der Waals surface area contributed by atoms with Gasteiger partial charge in [-0.05, 0) is 42.8 Å². The number of benzene rings is 3. The summed E-state index contributed by atoms with van der Waals surface area (Å²) in [6.45, 7) is 2.39. The Hall–Kier alpha value is -3.15. The smallest absolute Gasteiger partial charge is 0.203 e. The Balaban J connectivity index is 1.36. The summed E-state index contributed by atoms with van der Waals surface area (Å²) in [5.41, 5.74) is 7.92. The van der Waals surface area contributed by atoms with Gasteiger partial charge in [-0.2, -0.15) is 5.10 Å². The second-order valence-electron chi connectivity index (χ2n) is 6.62. The van der Waals surface area contributed by atoms with Gasteiger partial charge >= 0.3 is 0 Å². The van der Waals surface area contributed by atoms with Crippen LogP contribution in [0.2, 0.25) is 5.02 Å². The lowest BCUT2D eigenvalue weighted by molar-refractivity contribution is 0.306. The first-order valence-corrected chi connectivity index (χ1v) is 10.7. The number of ether oxygens (including phenoxy) is 1. The number of rotatable bonds is 7. The Labute approximate surface area is 184 Å². The number of hydrazone groups is 1. The monoisotopic (exact) mass is 433 g/mol. The molecule has 0 aliphatic carbocycles. The van der Waals surface area contributed by atoms with Crippen molar-refractivity contribution in [3.63, 3.8) is 0 Å². The van der Waals surface area contributed by atoms with E-state index < -0.39 is 0 Å². The Morgan fingerprint density at radius 2 is 1.73 bits per heavy atom. The molecule has 1 aromatic heterocycles. The third kappa shape index (κ3) is 5.06. The lowest BCUT2D eigenvalue weighted by atomic mass is 10.1. The zero-order valence-electron chi connectivity index (χ0n) is 16.4. The topological polar surface area (TPSA) is 46.5 Å². The fraction of sp³-hybridized carbons (Fsp3) is 0.0833. The van der Waals surface area contributed by atoms with Crippen molar-refractivity contribution in [3.05, 3.63) is 100 Å². The van der Waals surface area contributed by atoms with Gasteiger partial charge in [0.25, 0.3) is 0 Å². The summed E-state index contributed by atoms with van der Waals surface area (Å²) in [6, 6.07) is 25.6. The quantitative estimate of drug-likeness (QED) is 0.255. The van der Waals surface area contributed by atoms with Gasteiger partial charge in [-0.25, -0.2) is 4.98 Å². The van der Waals surface area contributed by atoms with Gasteiger partial charge in [0.05, 0.1) is 11.4 Å². The zero-order chi connectivity index (χ0) is 20.8. The Bertz CT molecular complexity index is 1140. The molecule has 0 radical (unpaired) electrons. The van der Waals surface area contributed by atoms with Crippen LogP contribution in [0.5, 0.6) is 5.75 Å². The van der Waals surface area contributed by atoms with Crippen LogP contribution in [-0.2, 0) is 6.61 Å². The molecule has 1 heterocycles. The standard InChI is InChI=1S/C24H20ClN3OS/c1-17(27-28-24-26-23(16-30-24)19-7-3-2-4-8-19)18-11-13-21(14-12-18)29-15-20-9-5-6-10-22(20)25/h2-14,16H,15H2,1H3,(H,26,28)/b27-17-. The first-order chi connectivity index (χ1) is 14.7. The van der Waals surface area contributed by atoms with Gasteiger partial charge in [0, 0.05) is 21.5 Å². The van der Waals surface area contributed by atoms with Gasteiger partial charge in [-0.1, -0.05) is 60.1 Å². The molecular formula is C24H20ClN3OS. The fourth-order valence-electron chi connectivity index (χ4n) is 2.83. The van der Waals surface area contributed by atoms with E-state index in [0.717, 1.165) is 39.0 Å². The van der Waals surface area contributed by atoms with Crippen LogP contribution in [0.1, 0.15) is 18.1 Å². The van der Waals surface area contributed by atoms with Gasteiger partial charge in [0.2, 0.25) is 5.13 Å². The summed E-state index contributed by atoms with van der Waals surface area (Å²) in [5, 5.41) is 7.95. The molecule has 0 aliphatic rings. The number of halogens is 1. The average molecular weight is 434 g/mol. The van der Waals surface area contributed by atoms with Crippen molar-refractivity contribution in [3.8, 4) is 17.0 Å². The number of hydrogen-bond donors (Lipinski definition) is 1. The van der Waals surface area contributed by atoms with Gasteiger partial charge in [-0.3, -0.25) is 5.43 Å². The molecule has 4 rings (SSSR count). The van der Waals surface area contributed by atoms with Crippen molar-refractivity contribution < 1.29 is 4.74 Å². The molecule has 1 N–H and O–H groups in total. The molecule has 150 valence electrons. The first-order valence-electron chi connectivity index (χ1n) is 9.47. The van der Waals surface area contributed by atoms with Crippen molar-refractivity contribution in [1.29, 1.82) is 0 Å². The van der Waals surface area contributed by atoms with E-state index in [-0.39, 0.29) is 0 Å². The summed E-state index contributed by atoms with van der Waals surface area (Å²) < 4.78 is 5.83. The van der Waals surface area contributed by atoms with Crippen LogP contribution in [-0.4, -0.2) is 10.7 Å². The molecule has 0 saturated carbocycles. The molecule has 30 heavy (non-hydrogen) atoms. The Kier molecular flexibility index (Phi) is 6.42. The normalized spacial score (nSPS) is 11.3. The zero-order valence-corrected chi connectivity index (χ0v) is 18.0. The summed E-state index contributed by atoms with van der Waals surface area (Å²) in [7, 11) is 0. The molecule has 0 unspecified atom stereocenters. The summed E-state index contributed by atoms with van der Waals surface area (Å²) in [6.07, 6.45) is 0. The molecule has 0 bridgehead atoms. The number of nitrogens with one attached hydrogen (secondary N) is 1. The largest absolute Gasteiger partial charge is 0.489 e. The predicted octanol–water partition coefficient (Wildman–Crippen LogP) is 6.88. The molecule has 4 nitrogen and oxygen atoms in total. The van der Waals surface area contributed by atoms with Gasteiger partial charge in [-0.15, -0.1) is 11.3 Å². The van der Waals surface area contributed by atoms with Gasteiger partial charge in [0.15, 0.2) is 0 Å². The summed E-state index contributed by atoms with van der Waals surface area (Å²) in [4.78, 5) is 4.59. The van der Waals surface area contributed by atoms with Crippen LogP contribution in [0, 0.1) is 0 Å².